The van der Waals surface area contributed by atoms with Gasteiger partial charge in [-0.1, -0.05) is 18.2 Å². The molecule has 0 aliphatic rings. The van der Waals surface area contributed by atoms with Crippen molar-refractivity contribution in [2.24, 2.45) is 0 Å². The van der Waals surface area contributed by atoms with Gasteiger partial charge in [0.05, 0.1) is 7.11 Å². The van der Waals surface area contributed by atoms with Crippen molar-refractivity contribution in [1.82, 2.24) is 4.98 Å². The third-order valence-electron chi connectivity index (χ3n) is 2.86. The highest BCUT2D eigenvalue weighted by Crippen LogP contribution is 2.21. The fraction of sp³-hybridized carbons (Fsp3) is 0.188. The van der Waals surface area contributed by atoms with E-state index in [-0.39, 0.29) is 12.4 Å². The van der Waals surface area contributed by atoms with Crippen LogP contribution in [0, 0.1) is 0 Å². The van der Waals surface area contributed by atoms with Gasteiger partial charge in [0.1, 0.15) is 5.75 Å². The van der Waals surface area contributed by atoms with Gasteiger partial charge >= 0.3 is 5.97 Å². The molecule has 0 spiro atoms. The van der Waals surface area contributed by atoms with E-state index in [0.717, 1.165) is 0 Å². The van der Waals surface area contributed by atoms with Gasteiger partial charge in [0.15, 0.2) is 0 Å². The van der Waals surface area contributed by atoms with Gasteiger partial charge in [0, 0.05) is 24.2 Å². The van der Waals surface area contributed by atoms with E-state index >= 15 is 0 Å². The van der Waals surface area contributed by atoms with Crippen LogP contribution in [0.1, 0.15) is 17.5 Å². The lowest BCUT2D eigenvalue weighted by Gasteiger charge is -2.07. The van der Waals surface area contributed by atoms with E-state index in [1.165, 1.54) is 19.4 Å². The zero-order chi connectivity index (χ0) is 15.1. The fourth-order valence-electron chi connectivity index (χ4n) is 1.76. The monoisotopic (exact) mass is 284 g/mol. The summed E-state index contributed by atoms with van der Waals surface area (Å²) in [7, 11) is 1.32. The molecule has 0 bridgehead atoms. The van der Waals surface area contributed by atoms with Crippen LogP contribution in [-0.2, 0) is 20.7 Å². The van der Waals surface area contributed by atoms with E-state index in [0.29, 0.717) is 29.2 Å². The van der Waals surface area contributed by atoms with Crippen molar-refractivity contribution in [3.05, 3.63) is 53.7 Å². The summed E-state index contributed by atoms with van der Waals surface area (Å²) in [6, 6.07) is 10.6. The minimum Gasteiger partial charge on any atom is -0.469 e. The van der Waals surface area contributed by atoms with Crippen molar-refractivity contribution in [2.75, 3.05) is 7.11 Å². The second-order valence-electron chi connectivity index (χ2n) is 4.27. The maximum atomic E-state index is 11.1. The van der Waals surface area contributed by atoms with Gasteiger partial charge in [-0.25, -0.2) is 4.98 Å². The number of aromatic nitrogens is 1. The predicted molar refractivity (Wildman–Crippen MR) is 75.9 cm³/mol. The Balaban J connectivity index is 2.12. The number of ether oxygens (including phenoxy) is 2. The number of benzene rings is 1. The summed E-state index contributed by atoms with van der Waals surface area (Å²) in [6.45, 7) is 0. The Morgan fingerprint density at radius 3 is 2.71 bits per heavy atom. The lowest BCUT2D eigenvalue weighted by atomic mass is 10.1. The second-order valence-corrected chi connectivity index (χ2v) is 4.27. The molecule has 0 atom stereocenters. The van der Waals surface area contributed by atoms with Crippen LogP contribution in [0.2, 0.25) is 0 Å². The molecule has 0 aliphatic carbocycles. The van der Waals surface area contributed by atoms with Gasteiger partial charge < -0.3 is 9.47 Å². The largest absolute Gasteiger partial charge is 0.469 e. The van der Waals surface area contributed by atoms with Crippen molar-refractivity contribution in [3.8, 4) is 11.6 Å². The normalized spacial score (nSPS) is 9.95. The molecule has 0 aliphatic heterocycles. The number of methoxy groups -OCH3 is 1. The van der Waals surface area contributed by atoms with E-state index in [2.05, 4.69) is 9.72 Å². The van der Waals surface area contributed by atoms with Crippen LogP contribution in [0.3, 0.4) is 0 Å². The predicted octanol–water partition coefficient (Wildman–Crippen LogP) is 2.44. The van der Waals surface area contributed by atoms with Gasteiger partial charge in [0.2, 0.25) is 12.2 Å². The second kappa shape index (κ2) is 7.19. The molecule has 1 radical (unpaired) electrons. The summed E-state index contributed by atoms with van der Waals surface area (Å²) in [5.74, 6) is 0.599. The number of nitrogens with zero attached hydrogens (tertiary/aromatic N) is 1. The zero-order valence-corrected chi connectivity index (χ0v) is 11.5. The quantitative estimate of drug-likeness (QED) is 0.762. The van der Waals surface area contributed by atoms with E-state index in [1.54, 1.807) is 12.1 Å². The highest BCUT2D eigenvalue weighted by atomic mass is 16.5. The van der Waals surface area contributed by atoms with Gasteiger partial charge in [0.25, 0.3) is 0 Å². The fourth-order valence-corrected chi connectivity index (χ4v) is 1.76. The number of para-hydroxylation sites is 1. The molecular formula is C16H14NO4. The van der Waals surface area contributed by atoms with Crippen molar-refractivity contribution < 1.29 is 19.1 Å². The molecule has 0 saturated heterocycles. The first-order valence-electron chi connectivity index (χ1n) is 6.39. The van der Waals surface area contributed by atoms with Crippen molar-refractivity contribution in [3.63, 3.8) is 0 Å². The van der Waals surface area contributed by atoms with Crippen LogP contribution >= 0.6 is 0 Å². The minimum absolute atomic E-state index is 0.186. The number of rotatable bonds is 6. The molecule has 0 N–H and O–H groups in total. The van der Waals surface area contributed by atoms with E-state index in [1.807, 2.05) is 24.5 Å². The first-order valence-corrected chi connectivity index (χ1v) is 6.39. The van der Waals surface area contributed by atoms with Crippen molar-refractivity contribution in [1.29, 1.82) is 0 Å². The Bertz CT molecular complexity index is 625. The molecule has 107 valence electrons. The van der Waals surface area contributed by atoms with E-state index in [4.69, 9.17) is 4.74 Å². The molecule has 1 aromatic heterocycles. The molecular weight excluding hydrogens is 270 g/mol. The average Bonchev–Trinajstić information content (AvgIpc) is 2.54. The molecule has 0 amide bonds. The average molecular weight is 284 g/mol. The Morgan fingerprint density at radius 2 is 2.05 bits per heavy atom. The lowest BCUT2D eigenvalue weighted by Crippen LogP contribution is -2.04. The molecule has 0 fully saturated rings. The van der Waals surface area contributed by atoms with Gasteiger partial charge in [-0.2, -0.15) is 0 Å². The molecule has 2 aromatic rings. The van der Waals surface area contributed by atoms with Crippen molar-refractivity contribution in [2.45, 2.75) is 12.8 Å². The smallest absolute Gasteiger partial charge is 0.305 e. The Kier molecular flexibility index (Phi) is 5.04. The van der Waals surface area contributed by atoms with Crippen LogP contribution in [-0.4, -0.2) is 24.3 Å². The third kappa shape index (κ3) is 4.14. The standard InChI is InChI=1S/C16H14NO4/c1-20-16(19)8-7-12-10-17-15(9-13(12)11-18)21-14-5-3-2-4-6-14/h2-6,9-10H,7-8H2,1H3. The number of aryl methyl sites for hydroxylation is 1. The highest BCUT2D eigenvalue weighted by molar-refractivity contribution is 5.78. The zero-order valence-electron chi connectivity index (χ0n) is 11.5. The molecule has 21 heavy (non-hydrogen) atoms. The molecule has 5 nitrogen and oxygen atoms in total. The number of hydrogen-bond acceptors (Lipinski definition) is 5. The lowest BCUT2D eigenvalue weighted by molar-refractivity contribution is -0.140. The maximum absolute atomic E-state index is 11.1. The number of esters is 1. The molecule has 0 unspecified atom stereocenters. The summed E-state index contributed by atoms with van der Waals surface area (Å²) < 4.78 is 10.1. The molecule has 0 saturated carbocycles. The molecule has 1 heterocycles. The minimum atomic E-state index is -0.337. The van der Waals surface area contributed by atoms with Gasteiger partial charge in [-0.05, 0) is 24.1 Å². The number of hydrogen-bond donors (Lipinski definition) is 0. The SMILES string of the molecule is COC(=O)CCc1cnc(Oc2ccccc2)cc1[C]=O. The number of carbonyl (C=O) groups is 1. The first kappa shape index (κ1) is 14.7. The Labute approximate surface area is 122 Å². The van der Waals surface area contributed by atoms with Crippen LogP contribution in [0.5, 0.6) is 11.6 Å². The van der Waals surface area contributed by atoms with Crippen LogP contribution < -0.4 is 4.74 Å². The topological polar surface area (TPSA) is 65.5 Å². The van der Waals surface area contributed by atoms with Crippen LogP contribution in [0.15, 0.2) is 42.6 Å². The summed E-state index contributed by atoms with van der Waals surface area (Å²) >= 11 is 0. The first-order chi connectivity index (χ1) is 10.2. The summed E-state index contributed by atoms with van der Waals surface area (Å²) in [4.78, 5) is 26.3. The van der Waals surface area contributed by atoms with Crippen molar-refractivity contribution >= 4 is 12.3 Å². The summed E-state index contributed by atoms with van der Waals surface area (Å²) in [5, 5.41) is 0. The van der Waals surface area contributed by atoms with E-state index in [9.17, 15) is 9.59 Å². The number of pyridine rings is 1. The highest BCUT2D eigenvalue weighted by Gasteiger charge is 2.09. The van der Waals surface area contributed by atoms with Gasteiger partial charge in [-0.15, -0.1) is 0 Å². The summed E-state index contributed by atoms with van der Waals surface area (Å²) in [6.07, 6.45) is 3.91. The van der Waals surface area contributed by atoms with E-state index < -0.39 is 0 Å². The van der Waals surface area contributed by atoms with Crippen LogP contribution in [0.25, 0.3) is 0 Å². The summed E-state index contributed by atoms with van der Waals surface area (Å²) in [5.41, 5.74) is 0.968. The molecule has 1 aromatic carbocycles. The Hall–Kier alpha value is -2.69. The molecule has 5 heteroatoms. The van der Waals surface area contributed by atoms with Gasteiger partial charge in [-0.3, -0.25) is 9.59 Å². The Morgan fingerprint density at radius 1 is 1.29 bits per heavy atom. The molecule has 2 rings (SSSR count). The van der Waals surface area contributed by atoms with Crippen LogP contribution in [0.4, 0.5) is 0 Å². The maximum Gasteiger partial charge on any atom is 0.305 e. The third-order valence-corrected chi connectivity index (χ3v) is 2.86. The number of carbonyl (C=O) groups excluding carboxylic acids is 2.